The summed E-state index contributed by atoms with van der Waals surface area (Å²) in [4.78, 5) is 0.114. The Kier molecular flexibility index (Phi) is 8.23. The van der Waals surface area contributed by atoms with Gasteiger partial charge in [0.1, 0.15) is 0 Å². The molecule has 4 aromatic carbocycles. The third-order valence-corrected chi connectivity index (χ3v) is 8.43. The number of hydrogen-bond donors (Lipinski definition) is 3. The number of nitrogens with one attached hydrogen (secondary N) is 2. The number of hydrazone groups is 1. The summed E-state index contributed by atoms with van der Waals surface area (Å²) in [6.45, 7) is 0. The van der Waals surface area contributed by atoms with Crippen LogP contribution in [0, 0.1) is 0 Å². The van der Waals surface area contributed by atoms with Crippen LogP contribution in [-0.4, -0.2) is 14.1 Å². The number of fused-ring (bicyclic) bond motifs is 1. The lowest BCUT2D eigenvalue weighted by molar-refractivity contribution is 0.577. The number of rotatable bonds is 6. The molecule has 1 heterocycles. The van der Waals surface area contributed by atoms with E-state index in [9.17, 15) is 8.42 Å². The number of anilines is 1. The van der Waals surface area contributed by atoms with Crippen LogP contribution >= 0.6 is 47.2 Å². The number of sulfonamides is 1. The highest BCUT2D eigenvalue weighted by molar-refractivity contribution is 7.89. The van der Waals surface area contributed by atoms with Gasteiger partial charge in [-0.3, -0.25) is 0 Å². The van der Waals surface area contributed by atoms with E-state index in [0.29, 0.717) is 49.2 Å². The number of hydrogen-bond acceptors (Lipinski definition) is 5. The fraction of sp³-hybridized carbons (Fsp3) is 0.115. The molecule has 0 saturated carbocycles. The minimum absolute atomic E-state index is 0. The highest BCUT2D eigenvalue weighted by atomic mass is 35.5. The quantitative estimate of drug-likeness (QED) is 0.211. The van der Waals surface area contributed by atoms with Crippen LogP contribution in [0.5, 0.6) is 0 Å². The molecule has 6 nitrogen and oxygen atoms in total. The van der Waals surface area contributed by atoms with Crippen LogP contribution in [0.3, 0.4) is 0 Å². The summed E-state index contributed by atoms with van der Waals surface area (Å²) in [5.41, 5.74) is 11.8. The van der Waals surface area contributed by atoms with Gasteiger partial charge in [0.25, 0.3) is 0 Å². The van der Waals surface area contributed by atoms with Crippen molar-refractivity contribution in [2.24, 2.45) is 5.10 Å². The van der Waals surface area contributed by atoms with Gasteiger partial charge in [0, 0.05) is 37.9 Å². The van der Waals surface area contributed by atoms with Gasteiger partial charge < -0.3 is 11.2 Å². The maximum Gasteiger partial charge on any atom is 0.242 e. The summed E-state index contributed by atoms with van der Waals surface area (Å²) in [7, 11) is -4.03. The summed E-state index contributed by atoms with van der Waals surface area (Å²) in [5.74, 6) is 0. The Labute approximate surface area is 236 Å². The molecule has 0 amide bonds. The zero-order valence-corrected chi connectivity index (χ0v) is 23.1. The molecule has 0 bridgehead atoms. The molecule has 0 fully saturated rings. The van der Waals surface area contributed by atoms with Crippen molar-refractivity contribution in [3.8, 4) is 0 Å². The molecule has 2 unspecified atom stereocenters. The predicted molar refractivity (Wildman–Crippen MR) is 155 cm³/mol. The Hall–Kier alpha value is -2.52. The van der Waals surface area contributed by atoms with E-state index < -0.39 is 16.1 Å². The molecule has 11 heteroatoms. The molecular weight excluding hydrogens is 574 g/mol. The van der Waals surface area contributed by atoms with Crippen LogP contribution in [0.15, 0.2) is 88.9 Å². The third-order valence-electron chi connectivity index (χ3n) is 6.13. The topological polar surface area (TPSA) is 96.6 Å². The largest absolute Gasteiger partial charge is 0.398 e. The van der Waals surface area contributed by atoms with Crippen LogP contribution in [0.25, 0.3) is 10.8 Å². The molecule has 4 N–H and O–H groups in total. The van der Waals surface area contributed by atoms with Gasteiger partial charge in [-0.15, -0.1) is 12.4 Å². The third kappa shape index (κ3) is 5.67. The van der Waals surface area contributed by atoms with E-state index in [1.807, 2.05) is 12.1 Å². The second-order valence-corrected chi connectivity index (χ2v) is 11.4. The molecule has 1 aliphatic rings. The van der Waals surface area contributed by atoms with Crippen molar-refractivity contribution in [3.05, 3.63) is 105 Å². The van der Waals surface area contributed by atoms with Crippen LogP contribution in [0.2, 0.25) is 15.1 Å². The lowest BCUT2D eigenvalue weighted by Gasteiger charge is -2.21. The SMILES string of the molecule is Cl.Nc1cccc2c(S(=O)(=O)NC(C3=NNC(c4ccc(Cl)cc4)C3)c3ccc(Cl)cc3Cl)cccc12. The lowest BCUT2D eigenvalue weighted by atomic mass is 9.96. The molecule has 192 valence electrons. The van der Waals surface area contributed by atoms with E-state index in [4.69, 9.17) is 40.5 Å². The first kappa shape index (κ1) is 27.5. The summed E-state index contributed by atoms with van der Waals surface area (Å²) in [6, 6.07) is 21.6. The molecule has 37 heavy (non-hydrogen) atoms. The molecule has 0 saturated heterocycles. The molecule has 0 radical (unpaired) electrons. The van der Waals surface area contributed by atoms with Crippen molar-refractivity contribution in [1.82, 2.24) is 10.1 Å². The summed E-state index contributed by atoms with van der Waals surface area (Å²) in [5, 5.41) is 7.09. The molecule has 1 aliphatic heterocycles. The second-order valence-electron chi connectivity index (χ2n) is 8.46. The lowest BCUT2D eigenvalue weighted by Crippen LogP contribution is -2.34. The standard InChI is InChI=1S/C26H21Cl3N4O2S.ClH/c27-16-9-7-15(8-10-16)23-14-24(32-31-23)26(20-12-11-17(28)13-21(20)29)33-36(34,35)25-6-2-3-18-19(25)4-1-5-22(18)30;/h1-13,23,26,31,33H,14,30H2;1H. The molecule has 4 aromatic rings. The van der Waals surface area contributed by atoms with Gasteiger partial charge in [0.15, 0.2) is 0 Å². The van der Waals surface area contributed by atoms with E-state index in [0.717, 1.165) is 5.56 Å². The number of halogens is 4. The fourth-order valence-electron chi connectivity index (χ4n) is 4.34. The van der Waals surface area contributed by atoms with Gasteiger partial charge in [-0.25, -0.2) is 8.42 Å². The highest BCUT2D eigenvalue weighted by Gasteiger charge is 2.33. The summed E-state index contributed by atoms with van der Waals surface area (Å²) < 4.78 is 30.3. The Morgan fingerprint density at radius 1 is 0.919 bits per heavy atom. The summed E-state index contributed by atoms with van der Waals surface area (Å²) in [6.07, 6.45) is 0.455. The molecule has 0 aliphatic carbocycles. The van der Waals surface area contributed by atoms with Crippen LogP contribution in [-0.2, 0) is 10.0 Å². The predicted octanol–water partition coefficient (Wildman–Crippen LogP) is 6.91. The van der Waals surface area contributed by atoms with E-state index in [2.05, 4.69) is 15.2 Å². The maximum absolute atomic E-state index is 13.8. The van der Waals surface area contributed by atoms with Gasteiger partial charge in [-0.05, 0) is 47.5 Å². The van der Waals surface area contributed by atoms with E-state index in [1.165, 1.54) is 0 Å². The minimum Gasteiger partial charge on any atom is -0.398 e. The second kappa shape index (κ2) is 11.1. The van der Waals surface area contributed by atoms with Gasteiger partial charge >= 0.3 is 0 Å². The minimum atomic E-state index is -4.03. The van der Waals surface area contributed by atoms with Crippen molar-refractivity contribution in [1.29, 1.82) is 0 Å². The van der Waals surface area contributed by atoms with Crippen LogP contribution in [0.1, 0.15) is 29.6 Å². The van der Waals surface area contributed by atoms with E-state index in [1.54, 1.807) is 66.7 Å². The Morgan fingerprint density at radius 3 is 2.32 bits per heavy atom. The first-order chi connectivity index (χ1) is 17.2. The fourth-order valence-corrected chi connectivity index (χ4v) is 6.41. The van der Waals surface area contributed by atoms with Crippen LogP contribution < -0.4 is 15.9 Å². The van der Waals surface area contributed by atoms with Crippen molar-refractivity contribution >= 4 is 79.4 Å². The molecule has 0 spiro atoms. The van der Waals surface area contributed by atoms with Crippen molar-refractivity contribution < 1.29 is 8.42 Å². The molecule has 2 atom stereocenters. The van der Waals surface area contributed by atoms with E-state index in [-0.39, 0.29) is 23.3 Å². The van der Waals surface area contributed by atoms with Gasteiger partial charge in [-0.2, -0.15) is 9.82 Å². The number of nitrogen functional groups attached to an aromatic ring is 1. The van der Waals surface area contributed by atoms with Crippen LogP contribution in [0.4, 0.5) is 5.69 Å². The van der Waals surface area contributed by atoms with E-state index >= 15 is 0 Å². The number of nitrogens with two attached hydrogens (primary N) is 1. The molecule has 0 aromatic heterocycles. The number of nitrogens with zero attached hydrogens (tertiary/aromatic N) is 1. The van der Waals surface area contributed by atoms with Crippen molar-refractivity contribution in [2.75, 3.05) is 5.73 Å². The average molecular weight is 596 g/mol. The monoisotopic (exact) mass is 594 g/mol. The smallest absolute Gasteiger partial charge is 0.242 e. The Morgan fingerprint density at radius 2 is 1.59 bits per heavy atom. The Bertz CT molecular complexity index is 1590. The molecular formula is C26H22Cl4N4O2S. The Balaban J connectivity index is 0.00000320. The average Bonchev–Trinajstić information content (AvgIpc) is 3.33. The normalized spacial score (nSPS) is 16.1. The van der Waals surface area contributed by atoms with Gasteiger partial charge in [0.2, 0.25) is 10.0 Å². The van der Waals surface area contributed by atoms with Gasteiger partial charge in [0.05, 0.1) is 22.7 Å². The highest BCUT2D eigenvalue weighted by Crippen LogP contribution is 2.35. The summed E-state index contributed by atoms with van der Waals surface area (Å²) >= 11 is 18.7. The van der Waals surface area contributed by atoms with Gasteiger partial charge in [-0.1, -0.05) is 77.3 Å². The molecule has 5 rings (SSSR count). The zero-order chi connectivity index (χ0) is 25.4. The maximum atomic E-state index is 13.8. The first-order valence-corrected chi connectivity index (χ1v) is 13.7. The first-order valence-electron chi connectivity index (χ1n) is 11.0. The van der Waals surface area contributed by atoms with Crippen molar-refractivity contribution in [3.63, 3.8) is 0 Å². The zero-order valence-electron chi connectivity index (χ0n) is 19.2. The number of benzene rings is 4. The van der Waals surface area contributed by atoms with Crippen molar-refractivity contribution in [2.45, 2.75) is 23.4 Å².